The molecule has 1 amide bonds. The number of rotatable bonds is 6. The lowest BCUT2D eigenvalue weighted by Crippen LogP contribution is -2.22. The average Bonchev–Trinajstić information content (AvgIpc) is 2.86. The molecule has 24 heavy (non-hydrogen) atoms. The van der Waals surface area contributed by atoms with E-state index in [-0.39, 0.29) is 11.8 Å². The highest BCUT2D eigenvalue weighted by molar-refractivity contribution is 5.92. The van der Waals surface area contributed by atoms with E-state index < -0.39 is 5.97 Å². The van der Waals surface area contributed by atoms with Crippen molar-refractivity contribution in [2.24, 2.45) is 5.92 Å². The summed E-state index contributed by atoms with van der Waals surface area (Å²) < 4.78 is 5.12. The SMILES string of the molecule is Cc1noc(C)c1CC(C)C(=O)Nc1ccc(C=CC(=O)O)cc1. The number of carboxylic acids is 1. The summed E-state index contributed by atoms with van der Waals surface area (Å²) in [5.74, 6) is -0.584. The van der Waals surface area contributed by atoms with Gasteiger partial charge in [0, 0.05) is 23.2 Å². The highest BCUT2D eigenvalue weighted by atomic mass is 16.5. The zero-order valence-corrected chi connectivity index (χ0v) is 13.9. The second-order valence-electron chi connectivity index (χ2n) is 5.69. The Morgan fingerprint density at radius 3 is 2.50 bits per heavy atom. The van der Waals surface area contributed by atoms with Crippen molar-refractivity contribution in [1.82, 2.24) is 5.16 Å². The van der Waals surface area contributed by atoms with Crippen LogP contribution in [0.3, 0.4) is 0 Å². The molecule has 0 aliphatic heterocycles. The number of benzene rings is 1. The van der Waals surface area contributed by atoms with E-state index in [4.69, 9.17) is 9.63 Å². The van der Waals surface area contributed by atoms with E-state index in [1.165, 1.54) is 6.08 Å². The van der Waals surface area contributed by atoms with Gasteiger partial charge < -0.3 is 14.9 Å². The molecule has 2 aromatic rings. The van der Waals surface area contributed by atoms with Crippen LogP contribution in [0.2, 0.25) is 0 Å². The minimum absolute atomic E-state index is 0.0937. The summed E-state index contributed by atoms with van der Waals surface area (Å²) in [6.07, 6.45) is 3.12. The lowest BCUT2D eigenvalue weighted by atomic mass is 9.99. The number of carbonyl (C=O) groups excluding carboxylic acids is 1. The van der Waals surface area contributed by atoms with Gasteiger partial charge in [-0.1, -0.05) is 24.2 Å². The number of aliphatic carboxylic acids is 1. The Bertz CT molecular complexity index is 740. The number of hydrogen-bond donors (Lipinski definition) is 2. The van der Waals surface area contributed by atoms with Crippen LogP contribution < -0.4 is 5.32 Å². The van der Waals surface area contributed by atoms with Gasteiger partial charge in [-0.05, 0) is 44.0 Å². The highest BCUT2D eigenvalue weighted by Gasteiger charge is 2.18. The Hall–Kier alpha value is -2.89. The van der Waals surface area contributed by atoms with Gasteiger partial charge in [0.25, 0.3) is 0 Å². The molecule has 0 spiro atoms. The summed E-state index contributed by atoms with van der Waals surface area (Å²) >= 11 is 0. The Kier molecular flexibility index (Phi) is 5.52. The third-order valence-corrected chi connectivity index (χ3v) is 3.74. The second-order valence-corrected chi connectivity index (χ2v) is 5.69. The average molecular weight is 328 g/mol. The number of carboxylic acid groups (broad SMARTS) is 1. The minimum Gasteiger partial charge on any atom is -0.478 e. The number of nitrogens with one attached hydrogen (secondary N) is 1. The van der Waals surface area contributed by atoms with Crippen LogP contribution in [0.5, 0.6) is 0 Å². The fourth-order valence-electron chi connectivity index (χ4n) is 2.30. The topological polar surface area (TPSA) is 92.4 Å². The summed E-state index contributed by atoms with van der Waals surface area (Å²) in [6, 6.07) is 6.96. The van der Waals surface area contributed by atoms with Crippen molar-refractivity contribution in [3.63, 3.8) is 0 Å². The summed E-state index contributed by atoms with van der Waals surface area (Å²) in [4.78, 5) is 22.8. The normalized spacial score (nSPS) is 12.3. The fraction of sp³-hybridized carbons (Fsp3) is 0.278. The lowest BCUT2D eigenvalue weighted by Gasteiger charge is -2.12. The quantitative estimate of drug-likeness (QED) is 0.794. The van der Waals surface area contributed by atoms with Gasteiger partial charge >= 0.3 is 5.97 Å². The van der Waals surface area contributed by atoms with E-state index >= 15 is 0 Å². The fourth-order valence-corrected chi connectivity index (χ4v) is 2.30. The second kappa shape index (κ2) is 7.59. The van der Waals surface area contributed by atoms with Gasteiger partial charge in [-0.25, -0.2) is 4.79 Å². The van der Waals surface area contributed by atoms with Crippen molar-refractivity contribution in [3.05, 3.63) is 52.9 Å². The van der Waals surface area contributed by atoms with Crippen LogP contribution in [0.25, 0.3) is 6.08 Å². The smallest absolute Gasteiger partial charge is 0.328 e. The van der Waals surface area contributed by atoms with E-state index in [0.29, 0.717) is 12.1 Å². The monoisotopic (exact) mass is 328 g/mol. The van der Waals surface area contributed by atoms with Crippen LogP contribution >= 0.6 is 0 Å². The molecule has 1 heterocycles. The molecule has 0 fully saturated rings. The number of aromatic nitrogens is 1. The van der Waals surface area contributed by atoms with Crippen molar-refractivity contribution in [2.75, 3.05) is 5.32 Å². The maximum absolute atomic E-state index is 12.3. The number of nitrogens with zero attached hydrogens (tertiary/aromatic N) is 1. The van der Waals surface area contributed by atoms with E-state index in [0.717, 1.165) is 28.7 Å². The van der Waals surface area contributed by atoms with E-state index in [9.17, 15) is 9.59 Å². The molecule has 0 saturated carbocycles. The van der Waals surface area contributed by atoms with Crippen molar-refractivity contribution >= 4 is 23.6 Å². The first-order valence-electron chi connectivity index (χ1n) is 7.60. The Labute approximate surface area is 140 Å². The molecule has 0 aliphatic carbocycles. The molecule has 0 radical (unpaired) electrons. The molecule has 6 nitrogen and oxygen atoms in total. The predicted octanol–water partition coefficient (Wildman–Crippen LogP) is 3.21. The number of hydrogen-bond acceptors (Lipinski definition) is 4. The van der Waals surface area contributed by atoms with Crippen LogP contribution in [0, 0.1) is 19.8 Å². The van der Waals surface area contributed by atoms with Crippen molar-refractivity contribution < 1.29 is 19.2 Å². The molecule has 126 valence electrons. The largest absolute Gasteiger partial charge is 0.478 e. The lowest BCUT2D eigenvalue weighted by molar-refractivity contribution is -0.131. The zero-order valence-electron chi connectivity index (χ0n) is 13.9. The third kappa shape index (κ3) is 4.55. The molecule has 0 saturated heterocycles. The van der Waals surface area contributed by atoms with E-state index in [1.807, 2.05) is 20.8 Å². The molecular formula is C18H20N2O4. The van der Waals surface area contributed by atoms with Gasteiger partial charge in [0.15, 0.2) is 0 Å². The Balaban J connectivity index is 1.97. The summed E-state index contributed by atoms with van der Waals surface area (Å²) in [5, 5.41) is 15.4. The van der Waals surface area contributed by atoms with Crippen molar-refractivity contribution in [1.29, 1.82) is 0 Å². The predicted molar refractivity (Wildman–Crippen MR) is 90.6 cm³/mol. The number of anilines is 1. The van der Waals surface area contributed by atoms with E-state index in [1.54, 1.807) is 24.3 Å². The molecule has 1 aromatic heterocycles. The van der Waals surface area contributed by atoms with Gasteiger partial charge in [0.2, 0.25) is 5.91 Å². The number of carbonyl (C=O) groups is 2. The molecule has 0 aliphatic rings. The third-order valence-electron chi connectivity index (χ3n) is 3.74. The number of amides is 1. The first kappa shape index (κ1) is 17.5. The van der Waals surface area contributed by atoms with E-state index in [2.05, 4.69) is 10.5 Å². The summed E-state index contributed by atoms with van der Waals surface area (Å²) in [6.45, 7) is 5.55. The van der Waals surface area contributed by atoms with Gasteiger partial charge in [-0.2, -0.15) is 0 Å². The molecule has 2 N–H and O–H groups in total. The first-order chi connectivity index (χ1) is 11.4. The minimum atomic E-state index is -1.000. The van der Waals surface area contributed by atoms with Crippen LogP contribution in [0.1, 0.15) is 29.5 Å². The maximum Gasteiger partial charge on any atom is 0.328 e. The van der Waals surface area contributed by atoms with Crippen LogP contribution in [0.15, 0.2) is 34.9 Å². The zero-order chi connectivity index (χ0) is 17.7. The molecule has 1 atom stereocenters. The van der Waals surface area contributed by atoms with Crippen LogP contribution in [-0.4, -0.2) is 22.1 Å². The number of aryl methyl sites for hydroxylation is 2. The van der Waals surface area contributed by atoms with Crippen molar-refractivity contribution in [3.8, 4) is 0 Å². The summed E-state index contributed by atoms with van der Waals surface area (Å²) in [5.41, 5.74) is 3.19. The standard InChI is InChI=1S/C18H20N2O4/c1-11(10-16-12(2)20-24-13(16)3)18(23)19-15-7-4-14(5-8-15)6-9-17(21)22/h4-9,11H,10H2,1-3H3,(H,19,23)(H,21,22). The molecule has 1 aromatic carbocycles. The van der Waals surface area contributed by atoms with Gasteiger partial charge in [0.05, 0.1) is 5.69 Å². The van der Waals surface area contributed by atoms with Crippen molar-refractivity contribution in [2.45, 2.75) is 27.2 Å². The first-order valence-corrected chi connectivity index (χ1v) is 7.60. The Morgan fingerprint density at radius 2 is 1.96 bits per heavy atom. The molecule has 0 bridgehead atoms. The van der Waals surface area contributed by atoms with Crippen LogP contribution in [-0.2, 0) is 16.0 Å². The maximum atomic E-state index is 12.3. The molecule has 2 rings (SSSR count). The van der Waals surface area contributed by atoms with Gasteiger partial charge in [-0.3, -0.25) is 4.79 Å². The molecule has 6 heteroatoms. The van der Waals surface area contributed by atoms with Gasteiger partial charge in [-0.15, -0.1) is 0 Å². The highest BCUT2D eigenvalue weighted by Crippen LogP contribution is 2.19. The molecular weight excluding hydrogens is 308 g/mol. The Morgan fingerprint density at radius 1 is 1.29 bits per heavy atom. The summed E-state index contributed by atoms with van der Waals surface area (Å²) in [7, 11) is 0. The van der Waals surface area contributed by atoms with Gasteiger partial charge in [0.1, 0.15) is 5.76 Å². The molecule has 1 unspecified atom stereocenters. The van der Waals surface area contributed by atoms with Crippen LogP contribution in [0.4, 0.5) is 5.69 Å².